The predicted octanol–water partition coefficient (Wildman–Crippen LogP) is 2.87. The minimum atomic E-state index is -3.73. The van der Waals surface area contributed by atoms with Gasteiger partial charge in [0.25, 0.3) is 15.0 Å². The summed E-state index contributed by atoms with van der Waals surface area (Å²) in [6, 6.07) is 6.18. The fourth-order valence-electron chi connectivity index (χ4n) is 1.65. The molecule has 1 amide bonds. The largest absolute Gasteiger partial charge is 0.345 e. The maximum Gasteiger partial charge on any atom is 0.270 e. The lowest BCUT2D eigenvalue weighted by molar-refractivity contribution is 0.0940. The number of rotatable bonds is 4. The minimum Gasteiger partial charge on any atom is -0.345 e. The first kappa shape index (κ1) is 15.9. The number of halogens is 1. The third kappa shape index (κ3) is 4.03. The van der Waals surface area contributed by atoms with Gasteiger partial charge in [-0.2, -0.15) is 0 Å². The van der Waals surface area contributed by atoms with E-state index in [-0.39, 0.29) is 16.2 Å². The van der Waals surface area contributed by atoms with E-state index < -0.39 is 9.05 Å². The number of hydrogen-bond acceptors (Lipinski definition) is 5. The fourth-order valence-corrected chi connectivity index (χ4v) is 3.75. The number of carbonyl (C=O) groups is 1. The molecule has 2 heterocycles. The van der Waals surface area contributed by atoms with Crippen LogP contribution in [0, 0.1) is 6.92 Å². The molecule has 2 aromatic rings. The van der Waals surface area contributed by atoms with Crippen molar-refractivity contribution in [1.82, 2.24) is 10.3 Å². The lowest BCUT2D eigenvalue weighted by Crippen LogP contribution is -2.26. The molecule has 0 saturated heterocycles. The van der Waals surface area contributed by atoms with Crippen LogP contribution < -0.4 is 5.32 Å². The average Bonchev–Trinajstić information content (AvgIpc) is 2.88. The zero-order valence-corrected chi connectivity index (χ0v) is 13.7. The van der Waals surface area contributed by atoms with Crippen molar-refractivity contribution in [3.8, 4) is 0 Å². The summed E-state index contributed by atoms with van der Waals surface area (Å²) in [6.07, 6.45) is 1.50. The van der Waals surface area contributed by atoms with Crippen molar-refractivity contribution in [3.63, 3.8) is 0 Å². The molecule has 0 radical (unpaired) electrons. The van der Waals surface area contributed by atoms with Crippen LogP contribution in [0.5, 0.6) is 0 Å². The van der Waals surface area contributed by atoms with Crippen molar-refractivity contribution in [2.24, 2.45) is 0 Å². The average molecular weight is 345 g/mol. The van der Waals surface area contributed by atoms with Crippen molar-refractivity contribution >= 4 is 37.0 Å². The standard InChI is InChI=1S/C13H13ClN2O3S2/c1-8-3-4-10(7-15-8)13(17)16-9(2)11-5-6-12(20-11)21(14,18)19/h3-7,9H,1-2H3,(H,16,17). The van der Waals surface area contributed by atoms with Gasteiger partial charge >= 0.3 is 0 Å². The summed E-state index contributed by atoms with van der Waals surface area (Å²) in [6.45, 7) is 3.61. The summed E-state index contributed by atoms with van der Waals surface area (Å²) >= 11 is 1.04. The van der Waals surface area contributed by atoms with Gasteiger partial charge in [-0.1, -0.05) is 0 Å². The van der Waals surface area contributed by atoms with Crippen LogP contribution in [0.2, 0.25) is 0 Å². The van der Waals surface area contributed by atoms with E-state index in [1.165, 1.54) is 12.3 Å². The molecular weight excluding hydrogens is 332 g/mol. The second-order valence-corrected chi connectivity index (χ2v) is 8.39. The Bertz CT molecular complexity index is 754. The van der Waals surface area contributed by atoms with E-state index in [0.717, 1.165) is 17.0 Å². The van der Waals surface area contributed by atoms with Crippen molar-refractivity contribution < 1.29 is 13.2 Å². The molecule has 112 valence electrons. The second-order valence-electron chi connectivity index (χ2n) is 4.48. The predicted molar refractivity (Wildman–Crippen MR) is 82.2 cm³/mol. The van der Waals surface area contributed by atoms with Gasteiger partial charge < -0.3 is 5.32 Å². The molecule has 2 aromatic heterocycles. The van der Waals surface area contributed by atoms with Gasteiger partial charge in [-0.15, -0.1) is 11.3 Å². The summed E-state index contributed by atoms with van der Waals surface area (Å²) in [7, 11) is 1.55. The van der Waals surface area contributed by atoms with E-state index in [1.54, 1.807) is 25.1 Å². The highest BCUT2D eigenvalue weighted by molar-refractivity contribution is 8.15. The maximum absolute atomic E-state index is 12.1. The second kappa shape index (κ2) is 6.13. The van der Waals surface area contributed by atoms with E-state index in [1.807, 2.05) is 6.92 Å². The number of nitrogens with one attached hydrogen (secondary N) is 1. The van der Waals surface area contributed by atoms with E-state index >= 15 is 0 Å². The highest BCUT2D eigenvalue weighted by Crippen LogP contribution is 2.28. The summed E-state index contributed by atoms with van der Waals surface area (Å²) < 4.78 is 22.5. The molecule has 5 nitrogen and oxygen atoms in total. The fraction of sp³-hybridized carbons (Fsp3) is 0.231. The molecule has 0 fully saturated rings. The Balaban J connectivity index is 2.11. The number of hydrogen-bond donors (Lipinski definition) is 1. The number of thiophene rings is 1. The molecule has 0 aliphatic carbocycles. The van der Waals surface area contributed by atoms with Gasteiger partial charge in [0.15, 0.2) is 0 Å². The first-order valence-corrected chi connectivity index (χ1v) is 9.18. The quantitative estimate of drug-likeness (QED) is 0.865. The number of pyridine rings is 1. The van der Waals surface area contributed by atoms with Crippen LogP contribution in [-0.2, 0) is 9.05 Å². The molecule has 0 spiro atoms. The first-order valence-electron chi connectivity index (χ1n) is 6.05. The Labute approximate surface area is 131 Å². The van der Waals surface area contributed by atoms with Crippen molar-refractivity contribution in [1.29, 1.82) is 0 Å². The number of carbonyl (C=O) groups excluding carboxylic acids is 1. The van der Waals surface area contributed by atoms with Gasteiger partial charge in [0.1, 0.15) is 4.21 Å². The van der Waals surface area contributed by atoms with E-state index in [9.17, 15) is 13.2 Å². The van der Waals surface area contributed by atoms with Gasteiger partial charge in [0.05, 0.1) is 11.6 Å². The van der Waals surface area contributed by atoms with Crippen LogP contribution in [0.4, 0.5) is 0 Å². The van der Waals surface area contributed by atoms with Gasteiger partial charge in [-0.25, -0.2) is 8.42 Å². The van der Waals surface area contributed by atoms with Crippen molar-refractivity contribution in [2.75, 3.05) is 0 Å². The first-order chi connectivity index (χ1) is 9.77. The third-order valence-corrected chi connectivity index (χ3v) is 6.15. The summed E-state index contributed by atoms with van der Waals surface area (Å²) in [5, 5.41) is 2.79. The third-order valence-electron chi connectivity index (χ3n) is 2.79. The van der Waals surface area contributed by atoms with E-state index in [4.69, 9.17) is 10.7 Å². The van der Waals surface area contributed by atoms with Gasteiger partial charge in [-0.05, 0) is 38.1 Å². The Kier molecular flexibility index (Phi) is 4.65. The zero-order chi connectivity index (χ0) is 15.6. The van der Waals surface area contributed by atoms with Gasteiger partial charge in [0, 0.05) is 27.5 Å². The summed E-state index contributed by atoms with van der Waals surface area (Å²) in [4.78, 5) is 16.8. The Morgan fingerprint density at radius 1 is 1.33 bits per heavy atom. The smallest absolute Gasteiger partial charge is 0.270 e. The topological polar surface area (TPSA) is 76.1 Å². The minimum absolute atomic E-state index is 0.0669. The monoisotopic (exact) mass is 344 g/mol. The summed E-state index contributed by atoms with van der Waals surface area (Å²) in [5.74, 6) is -0.265. The summed E-state index contributed by atoms with van der Waals surface area (Å²) in [5.41, 5.74) is 1.28. The van der Waals surface area contributed by atoms with Crippen LogP contribution in [0.3, 0.4) is 0 Å². The van der Waals surface area contributed by atoms with Gasteiger partial charge in [-0.3, -0.25) is 9.78 Å². The number of aromatic nitrogens is 1. The molecule has 0 aliphatic heterocycles. The number of amides is 1. The van der Waals surface area contributed by atoms with Gasteiger partial charge in [0.2, 0.25) is 0 Å². The molecule has 0 bridgehead atoms. The Hall–Kier alpha value is -1.44. The molecule has 0 saturated carbocycles. The highest BCUT2D eigenvalue weighted by atomic mass is 35.7. The Morgan fingerprint density at radius 3 is 2.57 bits per heavy atom. The van der Waals surface area contributed by atoms with E-state index in [0.29, 0.717) is 10.4 Å². The maximum atomic E-state index is 12.1. The molecule has 2 rings (SSSR count). The lowest BCUT2D eigenvalue weighted by Gasteiger charge is -2.12. The van der Waals surface area contributed by atoms with Crippen molar-refractivity contribution in [2.45, 2.75) is 24.1 Å². The van der Waals surface area contributed by atoms with Crippen LogP contribution in [-0.4, -0.2) is 19.3 Å². The Morgan fingerprint density at radius 2 is 2.05 bits per heavy atom. The SMILES string of the molecule is Cc1ccc(C(=O)NC(C)c2ccc(S(=O)(=O)Cl)s2)cn1. The van der Waals surface area contributed by atoms with Crippen LogP contribution >= 0.6 is 22.0 Å². The van der Waals surface area contributed by atoms with Crippen LogP contribution in [0.1, 0.15) is 33.9 Å². The molecule has 0 aromatic carbocycles. The van der Waals surface area contributed by atoms with Crippen molar-refractivity contribution in [3.05, 3.63) is 46.6 Å². The molecule has 8 heteroatoms. The molecule has 1 N–H and O–H groups in total. The molecular formula is C13H13ClN2O3S2. The number of nitrogens with zero attached hydrogens (tertiary/aromatic N) is 1. The molecule has 0 aliphatic rings. The lowest BCUT2D eigenvalue weighted by atomic mass is 10.2. The molecule has 1 atom stereocenters. The number of aryl methyl sites for hydroxylation is 1. The highest BCUT2D eigenvalue weighted by Gasteiger charge is 2.18. The zero-order valence-electron chi connectivity index (χ0n) is 11.3. The molecule has 1 unspecified atom stereocenters. The van der Waals surface area contributed by atoms with Crippen LogP contribution in [0.25, 0.3) is 0 Å². The van der Waals surface area contributed by atoms with E-state index in [2.05, 4.69) is 10.3 Å². The van der Waals surface area contributed by atoms with Crippen LogP contribution in [0.15, 0.2) is 34.7 Å². The molecule has 21 heavy (non-hydrogen) atoms. The normalized spacial score (nSPS) is 12.9.